The van der Waals surface area contributed by atoms with E-state index in [1.807, 2.05) is 24.3 Å². The average molecular weight is 422 g/mol. The minimum absolute atomic E-state index is 0.227. The summed E-state index contributed by atoms with van der Waals surface area (Å²) >= 11 is 0. The van der Waals surface area contributed by atoms with Gasteiger partial charge in [-0.1, -0.05) is 66.6 Å². The van der Waals surface area contributed by atoms with E-state index in [4.69, 9.17) is 4.74 Å². The van der Waals surface area contributed by atoms with Gasteiger partial charge in [-0.25, -0.2) is 0 Å². The molecule has 0 radical (unpaired) electrons. The number of anilines is 3. The van der Waals surface area contributed by atoms with Crippen LogP contribution in [0.4, 0.5) is 17.1 Å². The molecule has 0 saturated carbocycles. The van der Waals surface area contributed by atoms with Crippen molar-refractivity contribution >= 4 is 23.0 Å². The number of esters is 1. The maximum absolute atomic E-state index is 11.5. The molecule has 4 aromatic rings. The van der Waals surface area contributed by atoms with E-state index in [1.54, 1.807) is 6.92 Å². The van der Waals surface area contributed by atoms with Crippen LogP contribution in [0.2, 0.25) is 0 Å². The van der Waals surface area contributed by atoms with Crippen molar-refractivity contribution < 1.29 is 9.53 Å². The normalized spacial score (nSPS) is 10.6. The molecule has 0 atom stereocenters. The Balaban J connectivity index is 1.64. The average Bonchev–Trinajstić information content (AvgIpc) is 2.82. The molecule has 0 aliphatic carbocycles. The van der Waals surface area contributed by atoms with Crippen molar-refractivity contribution in [1.29, 1.82) is 0 Å². The van der Waals surface area contributed by atoms with Gasteiger partial charge in [-0.05, 0) is 73.5 Å². The second-order valence-electron chi connectivity index (χ2n) is 7.91. The van der Waals surface area contributed by atoms with Gasteiger partial charge < -0.3 is 9.64 Å². The lowest BCUT2D eigenvalue weighted by Gasteiger charge is -2.26. The Hall–Kier alpha value is -3.85. The van der Waals surface area contributed by atoms with Crippen molar-refractivity contribution in [2.24, 2.45) is 0 Å². The third-order valence-electron chi connectivity index (χ3n) is 5.42. The fourth-order valence-corrected chi connectivity index (χ4v) is 3.56. The molecule has 0 unspecified atom stereocenters. The van der Waals surface area contributed by atoms with Crippen LogP contribution in [0.15, 0.2) is 97.1 Å². The molecule has 0 amide bonds. The maximum atomic E-state index is 11.5. The molecule has 3 heteroatoms. The fourth-order valence-electron chi connectivity index (χ4n) is 3.56. The van der Waals surface area contributed by atoms with Crippen LogP contribution in [0, 0.1) is 13.8 Å². The second kappa shape index (κ2) is 9.52. The van der Waals surface area contributed by atoms with E-state index in [0.717, 1.165) is 28.2 Å². The third-order valence-corrected chi connectivity index (χ3v) is 5.42. The van der Waals surface area contributed by atoms with Gasteiger partial charge >= 0.3 is 5.97 Å². The Bertz CT molecular complexity index is 1130. The monoisotopic (exact) mass is 421 g/mol. The Morgan fingerprint density at radius 1 is 0.625 bits per heavy atom. The van der Waals surface area contributed by atoms with Gasteiger partial charge in [0.15, 0.2) is 0 Å². The Kier molecular flexibility index (Phi) is 6.37. The van der Waals surface area contributed by atoms with Crippen LogP contribution in [-0.2, 0) is 4.79 Å². The molecule has 0 bridgehead atoms. The number of nitrogens with zero attached hydrogens (tertiary/aromatic N) is 1. The van der Waals surface area contributed by atoms with Crippen molar-refractivity contribution in [1.82, 2.24) is 0 Å². The van der Waals surface area contributed by atoms with Crippen LogP contribution in [0.1, 0.15) is 24.5 Å². The van der Waals surface area contributed by atoms with E-state index in [-0.39, 0.29) is 5.97 Å². The zero-order chi connectivity index (χ0) is 22.5. The summed E-state index contributed by atoms with van der Waals surface area (Å²) in [6, 6.07) is 33.3. The number of rotatable bonds is 6. The van der Waals surface area contributed by atoms with Crippen molar-refractivity contribution in [2.45, 2.75) is 27.2 Å². The smallest absolute Gasteiger partial charge is 0.310 e. The van der Waals surface area contributed by atoms with Crippen molar-refractivity contribution in [2.75, 3.05) is 4.90 Å². The van der Waals surface area contributed by atoms with Gasteiger partial charge in [-0.2, -0.15) is 0 Å². The largest absolute Gasteiger partial charge is 0.427 e. The summed E-state index contributed by atoms with van der Waals surface area (Å²) in [5.74, 6) is 0.344. The molecule has 4 rings (SSSR count). The van der Waals surface area contributed by atoms with Crippen molar-refractivity contribution in [3.05, 3.63) is 108 Å². The second-order valence-corrected chi connectivity index (χ2v) is 7.91. The molecule has 32 heavy (non-hydrogen) atoms. The highest BCUT2D eigenvalue weighted by Gasteiger charge is 2.12. The van der Waals surface area contributed by atoms with E-state index in [2.05, 4.69) is 91.5 Å². The summed E-state index contributed by atoms with van der Waals surface area (Å²) in [6.45, 7) is 5.99. The number of carbonyl (C=O) groups excluding carboxylic acids is 1. The Morgan fingerprint density at radius 3 is 1.41 bits per heavy atom. The fraction of sp³-hybridized carbons (Fsp3) is 0.138. The summed E-state index contributed by atoms with van der Waals surface area (Å²) in [5, 5.41) is 0. The number of hydrogen-bond acceptors (Lipinski definition) is 3. The third kappa shape index (κ3) is 4.89. The summed E-state index contributed by atoms with van der Waals surface area (Å²) in [6.07, 6.45) is 0.363. The van der Waals surface area contributed by atoms with Gasteiger partial charge in [0.2, 0.25) is 0 Å². The molecule has 160 valence electrons. The summed E-state index contributed by atoms with van der Waals surface area (Å²) in [4.78, 5) is 13.7. The highest BCUT2D eigenvalue weighted by Crippen LogP contribution is 2.36. The molecular weight excluding hydrogens is 394 g/mol. The molecule has 0 N–H and O–H groups in total. The van der Waals surface area contributed by atoms with Gasteiger partial charge in [0, 0.05) is 23.5 Å². The number of ether oxygens (including phenoxy) is 1. The quantitative estimate of drug-likeness (QED) is 0.235. The standard InChI is InChI=1S/C29H27NO2/c1-4-29(31)32-28-19-11-24(12-20-28)23-9-17-27(18-10-23)30(25-13-5-21(2)6-14-25)26-15-7-22(3)8-16-26/h5-20H,4H2,1-3H3. The number of benzene rings is 4. The molecule has 0 spiro atoms. The van der Waals surface area contributed by atoms with Crippen LogP contribution in [0.25, 0.3) is 11.1 Å². The molecule has 0 saturated heterocycles. The first-order valence-corrected chi connectivity index (χ1v) is 10.9. The first-order valence-electron chi connectivity index (χ1n) is 10.9. The van der Waals surface area contributed by atoms with Crippen LogP contribution in [0.5, 0.6) is 5.75 Å². The molecular formula is C29H27NO2. The molecule has 0 aliphatic heterocycles. The van der Waals surface area contributed by atoms with E-state index in [1.165, 1.54) is 11.1 Å². The molecule has 4 aromatic carbocycles. The summed E-state index contributed by atoms with van der Waals surface area (Å²) in [7, 11) is 0. The van der Waals surface area contributed by atoms with Gasteiger partial charge in [0.1, 0.15) is 5.75 Å². The van der Waals surface area contributed by atoms with Crippen LogP contribution >= 0.6 is 0 Å². The lowest BCUT2D eigenvalue weighted by atomic mass is 10.0. The summed E-state index contributed by atoms with van der Waals surface area (Å²) in [5.41, 5.74) is 7.99. The molecule has 3 nitrogen and oxygen atoms in total. The topological polar surface area (TPSA) is 29.5 Å². The van der Waals surface area contributed by atoms with Gasteiger partial charge in [0.05, 0.1) is 0 Å². The zero-order valence-corrected chi connectivity index (χ0v) is 18.7. The van der Waals surface area contributed by atoms with Gasteiger partial charge in [0.25, 0.3) is 0 Å². The highest BCUT2D eigenvalue weighted by molar-refractivity contribution is 5.78. The Morgan fingerprint density at radius 2 is 1.00 bits per heavy atom. The SMILES string of the molecule is CCC(=O)Oc1ccc(-c2ccc(N(c3ccc(C)cc3)c3ccc(C)cc3)cc2)cc1. The van der Waals surface area contributed by atoms with Crippen LogP contribution in [-0.4, -0.2) is 5.97 Å². The first-order chi connectivity index (χ1) is 15.5. The highest BCUT2D eigenvalue weighted by atomic mass is 16.5. The van der Waals surface area contributed by atoms with Crippen LogP contribution in [0.3, 0.4) is 0 Å². The van der Waals surface area contributed by atoms with Crippen LogP contribution < -0.4 is 9.64 Å². The minimum Gasteiger partial charge on any atom is -0.427 e. The predicted molar refractivity (Wildman–Crippen MR) is 132 cm³/mol. The van der Waals surface area contributed by atoms with Crippen molar-refractivity contribution in [3.63, 3.8) is 0 Å². The van der Waals surface area contributed by atoms with Crippen molar-refractivity contribution in [3.8, 4) is 16.9 Å². The number of hydrogen-bond donors (Lipinski definition) is 0. The number of aryl methyl sites for hydroxylation is 2. The molecule has 0 aromatic heterocycles. The zero-order valence-electron chi connectivity index (χ0n) is 18.7. The lowest BCUT2D eigenvalue weighted by Crippen LogP contribution is -2.09. The van der Waals surface area contributed by atoms with Gasteiger partial charge in [-0.3, -0.25) is 4.79 Å². The van der Waals surface area contributed by atoms with Gasteiger partial charge in [-0.15, -0.1) is 0 Å². The van der Waals surface area contributed by atoms with E-state index in [0.29, 0.717) is 12.2 Å². The predicted octanol–water partition coefficient (Wildman–Crippen LogP) is 7.76. The first kappa shape index (κ1) is 21.4. The van der Waals surface area contributed by atoms with E-state index < -0.39 is 0 Å². The summed E-state index contributed by atoms with van der Waals surface area (Å²) < 4.78 is 5.27. The minimum atomic E-state index is -0.227. The molecule has 0 aliphatic rings. The Labute approximate surface area is 189 Å². The maximum Gasteiger partial charge on any atom is 0.310 e. The molecule has 0 fully saturated rings. The molecule has 0 heterocycles. The van der Waals surface area contributed by atoms with E-state index in [9.17, 15) is 4.79 Å². The lowest BCUT2D eigenvalue weighted by molar-refractivity contribution is -0.134. The van der Waals surface area contributed by atoms with E-state index >= 15 is 0 Å². The number of carbonyl (C=O) groups is 1.